The van der Waals surface area contributed by atoms with E-state index in [-0.39, 0.29) is 5.97 Å². The van der Waals surface area contributed by atoms with E-state index in [1.807, 2.05) is 36.5 Å². The first kappa shape index (κ1) is 15.1. The highest BCUT2D eigenvalue weighted by atomic mass is 16.5. The van der Waals surface area contributed by atoms with Crippen LogP contribution in [-0.4, -0.2) is 23.0 Å². The molecule has 2 aromatic heterocycles. The number of aromatic nitrogens is 2. The highest BCUT2D eigenvalue weighted by Gasteiger charge is 2.14. The van der Waals surface area contributed by atoms with E-state index in [1.54, 1.807) is 6.20 Å². The van der Waals surface area contributed by atoms with Crippen LogP contribution in [0.2, 0.25) is 0 Å². The second-order valence-electron chi connectivity index (χ2n) is 5.39. The Labute approximate surface area is 134 Å². The fourth-order valence-corrected chi connectivity index (χ4v) is 2.57. The number of methoxy groups -OCH3 is 1. The zero-order valence-corrected chi connectivity index (χ0v) is 13.2. The van der Waals surface area contributed by atoms with Gasteiger partial charge in [0.1, 0.15) is 11.4 Å². The van der Waals surface area contributed by atoms with Gasteiger partial charge in [0.15, 0.2) is 0 Å². The van der Waals surface area contributed by atoms with Crippen LogP contribution in [-0.2, 0) is 11.2 Å². The lowest BCUT2D eigenvalue weighted by atomic mass is 10.1. The Morgan fingerprint density at radius 2 is 2.17 bits per heavy atom. The van der Waals surface area contributed by atoms with Crippen molar-refractivity contribution in [1.29, 1.82) is 0 Å². The zero-order valence-electron chi connectivity index (χ0n) is 13.2. The highest BCUT2D eigenvalue weighted by molar-refractivity contribution is 5.96. The Balaban J connectivity index is 1.95. The van der Waals surface area contributed by atoms with Gasteiger partial charge < -0.3 is 15.0 Å². The van der Waals surface area contributed by atoms with Gasteiger partial charge in [0.25, 0.3) is 0 Å². The van der Waals surface area contributed by atoms with E-state index in [0.717, 1.165) is 35.0 Å². The van der Waals surface area contributed by atoms with Crippen molar-refractivity contribution in [2.24, 2.45) is 0 Å². The van der Waals surface area contributed by atoms with Crippen molar-refractivity contribution < 1.29 is 9.53 Å². The van der Waals surface area contributed by atoms with Crippen molar-refractivity contribution in [3.63, 3.8) is 0 Å². The van der Waals surface area contributed by atoms with E-state index < -0.39 is 0 Å². The summed E-state index contributed by atoms with van der Waals surface area (Å²) in [5.41, 5.74) is 3.42. The molecule has 0 radical (unpaired) electrons. The van der Waals surface area contributed by atoms with E-state index >= 15 is 0 Å². The number of esters is 1. The number of hydrogen-bond donors (Lipinski definition) is 2. The average molecular weight is 309 g/mol. The van der Waals surface area contributed by atoms with Gasteiger partial charge in [-0.25, -0.2) is 9.78 Å². The smallest absolute Gasteiger partial charge is 0.341 e. The summed E-state index contributed by atoms with van der Waals surface area (Å²) in [6.07, 6.45) is 5.57. The molecule has 0 saturated carbocycles. The van der Waals surface area contributed by atoms with Crippen LogP contribution in [0.4, 0.5) is 11.5 Å². The van der Waals surface area contributed by atoms with Crippen molar-refractivity contribution in [2.45, 2.75) is 19.8 Å². The molecule has 0 unspecified atom stereocenters. The number of fused-ring (bicyclic) bond motifs is 1. The normalized spacial score (nSPS) is 10.7. The number of ether oxygens (including phenoxy) is 1. The average Bonchev–Trinajstić information content (AvgIpc) is 3.03. The van der Waals surface area contributed by atoms with Crippen LogP contribution in [0.5, 0.6) is 0 Å². The van der Waals surface area contributed by atoms with E-state index in [0.29, 0.717) is 11.4 Å². The molecule has 0 aliphatic rings. The Hall–Kier alpha value is -2.82. The SMILES string of the molecule is CCCc1cnc(Nc2ccc3[nH]ccc3c2)c(C(=O)OC)c1. The summed E-state index contributed by atoms with van der Waals surface area (Å²) >= 11 is 0. The van der Waals surface area contributed by atoms with Gasteiger partial charge in [0.05, 0.1) is 7.11 Å². The number of rotatable bonds is 5. The number of aromatic amines is 1. The molecule has 0 bridgehead atoms. The number of benzene rings is 1. The quantitative estimate of drug-likeness (QED) is 0.698. The summed E-state index contributed by atoms with van der Waals surface area (Å²) < 4.78 is 4.88. The maximum absolute atomic E-state index is 12.0. The largest absolute Gasteiger partial charge is 0.465 e. The maximum atomic E-state index is 12.0. The van der Waals surface area contributed by atoms with Crippen LogP contribution in [0, 0.1) is 0 Å². The fraction of sp³-hybridized carbons (Fsp3) is 0.222. The van der Waals surface area contributed by atoms with Crippen molar-refractivity contribution in [3.05, 3.63) is 53.9 Å². The lowest BCUT2D eigenvalue weighted by Gasteiger charge is -2.11. The molecular weight excluding hydrogens is 290 g/mol. The molecule has 2 heterocycles. The predicted octanol–water partition coefficient (Wildman–Crippen LogP) is 4.05. The van der Waals surface area contributed by atoms with Gasteiger partial charge in [0.2, 0.25) is 0 Å². The van der Waals surface area contributed by atoms with Gasteiger partial charge in [-0.3, -0.25) is 0 Å². The molecule has 0 aliphatic heterocycles. The third-order valence-electron chi connectivity index (χ3n) is 3.70. The third-order valence-corrected chi connectivity index (χ3v) is 3.70. The third kappa shape index (κ3) is 3.18. The molecule has 3 aromatic rings. The second-order valence-corrected chi connectivity index (χ2v) is 5.39. The standard InChI is InChI=1S/C18H19N3O2/c1-3-4-12-9-15(18(22)23-2)17(20-11-12)21-14-5-6-16-13(10-14)7-8-19-16/h5-11,19H,3-4H2,1-2H3,(H,20,21). The topological polar surface area (TPSA) is 67.0 Å². The summed E-state index contributed by atoms with van der Waals surface area (Å²) in [5, 5.41) is 4.31. The van der Waals surface area contributed by atoms with E-state index in [4.69, 9.17) is 4.74 Å². The Morgan fingerprint density at radius 1 is 1.30 bits per heavy atom. The summed E-state index contributed by atoms with van der Waals surface area (Å²) in [6, 6.07) is 9.79. The molecule has 23 heavy (non-hydrogen) atoms. The number of aryl methyl sites for hydroxylation is 1. The number of carbonyl (C=O) groups is 1. The van der Waals surface area contributed by atoms with Crippen molar-refractivity contribution in [1.82, 2.24) is 9.97 Å². The molecule has 3 rings (SSSR count). The Bertz CT molecular complexity index is 839. The minimum atomic E-state index is -0.388. The van der Waals surface area contributed by atoms with Crippen molar-refractivity contribution in [2.75, 3.05) is 12.4 Å². The number of hydrogen-bond acceptors (Lipinski definition) is 4. The number of carbonyl (C=O) groups excluding carboxylic acids is 1. The summed E-state index contributed by atoms with van der Waals surface area (Å²) in [4.78, 5) is 19.6. The van der Waals surface area contributed by atoms with Crippen molar-refractivity contribution >= 4 is 28.4 Å². The summed E-state index contributed by atoms with van der Waals surface area (Å²) in [7, 11) is 1.38. The van der Waals surface area contributed by atoms with Crippen LogP contribution in [0.25, 0.3) is 10.9 Å². The lowest BCUT2D eigenvalue weighted by Crippen LogP contribution is -2.08. The Morgan fingerprint density at radius 3 is 2.96 bits per heavy atom. The number of nitrogens with zero attached hydrogens (tertiary/aromatic N) is 1. The molecule has 0 spiro atoms. The molecule has 0 fully saturated rings. The van der Waals surface area contributed by atoms with Gasteiger partial charge in [-0.2, -0.15) is 0 Å². The molecular formula is C18H19N3O2. The minimum absolute atomic E-state index is 0.388. The first-order chi connectivity index (χ1) is 11.2. The van der Waals surface area contributed by atoms with Crippen molar-refractivity contribution in [3.8, 4) is 0 Å². The molecule has 0 amide bonds. The maximum Gasteiger partial charge on any atom is 0.341 e. The number of anilines is 2. The van der Waals surface area contributed by atoms with Gasteiger partial charge in [-0.15, -0.1) is 0 Å². The molecule has 118 valence electrons. The van der Waals surface area contributed by atoms with Gasteiger partial charge >= 0.3 is 5.97 Å². The van der Waals surface area contributed by atoms with E-state index in [1.165, 1.54) is 7.11 Å². The van der Waals surface area contributed by atoms with Crippen LogP contribution < -0.4 is 5.32 Å². The van der Waals surface area contributed by atoms with Crippen LogP contribution in [0.3, 0.4) is 0 Å². The zero-order chi connectivity index (χ0) is 16.2. The molecule has 5 heteroatoms. The second kappa shape index (κ2) is 6.52. The monoisotopic (exact) mass is 309 g/mol. The summed E-state index contributed by atoms with van der Waals surface area (Å²) in [6.45, 7) is 2.09. The lowest BCUT2D eigenvalue weighted by molar-refractivity contribution is 0.0601. The molecule has 0 atom stereocenters. The number of H-pyrrole nitrogens is 1. The van der Waals surface area contributed by atoms with E-state index in [2.05, 4.69) is 22.2 Å². The highest BCUT2D eigenvalue weighted by Crippen LogP contribution is 2.24. The van der Waals surface area contributed by atoms with E-state index in [9.17, 15) is 4.79 Å². The van der Waals surface area contributed by atoms with Crippen LogP contribution >= 0.6 is 0 Å². The molecule has 0 saturated heterocycles. The molecule has 1 aromatic carbocycles. The number of nitrogens with one attached hydrogen (secondary N) is 2. The molecule has 2 N–H and O–H groups in total. The van der Waals surface area contributed by atoms with Gasteiger partial charge in [0, 0.05) is 29.0 Å². The van der Waals surface area contributed by atoms with Crippen LogP contribution in [0.1, 0.15) is 29.3 Å². The predicted molar refractivity (Wildman–Crippen MR) is 91.2 cm³/mol. The minimum Gasteiger partial charge on any atom is -0.465 e. The molecule has 5 nitrogen and oxygen atoms in total. The van der Waals surface area contributed by atoms with Gasteiger partial charge in [-0.05, 0) is 42.3 Å². The first-order valence-corrected chi connectivity index (χ1v) is 7.62. The first-order valence-electron chi connectivity index (χ1n) is 7.62. The Kier molecular flexibility index (Phi) is 4.28. The summed E-state index contributed by atoms with van der Waals surface area (Å²) in [5.74, 6) is 0.118. The van der Waals surface area contributed by atoms with Crippen LogP contribution in [0.15, 0.2) is 42.7 Å². The fourth-order valence-electron chi connectivity index (χ4n) is 2.57. The molecule has 0 aliphatic carbocycles. The van der Waals surface area contributed by atoms with Gasteiger partial charge in [-0.1, -0.05) is 13.3 Å². The number of pyridine rings is 1.